The van der Waals surface area contributed by atoms with Crippen LogP contribution >= 0.6 is 0 Å². The van der Waals surface area contributed by atoms with Gasteiger partial charge in [-0.15, -0.1) is 0 Å². The van der Waals surface area contributed by atoms with Gasteiger partial charge in [-0.2, -0.15) is 0 Å². The zero-order valence-corrected chi connectivity index (χ0v) is 25.1. The van der Waals surface area contributed by atoms with Gasteiger partial charge in [0.2, 0.25) is 0 Å². The minimum atomic E-state index is 0.636. The van der Waals surface area contributed by atoms with Crippen LogP contribution in [0, 0.1) is 0 Å². The number of hydrogen-bond donors (Lipinski definition) is 0. The third-order valence-corrected chi connectivity index (χ3v) is 8.32. The van der Waals surface area contributed by atoms with Gasteiger partial charge in [0.15, 0.2) is 17.5 Å². The molecule has 0 saturated carbocycles. The number of benzene rings is 7. The fourth-order valence-electron chi connectivity index (χ4n) is 5.98. The van der Waals surface area contributed by atoms with E-state index in [4.69, 9.17) is 15.0 Å². The van der Waals surface area contributed by atoms with Gasteiger partial charge in [0.05, 0.1) is 0 Å². The third-order valence-electron chi connectivity index (χ3n) is 8.32. The molecule has 0 fully saturated rings. The summed E-state index contributed by atoms with van der Waals surface area (Å²) in [5.74, 6) is 1.92. The molecule has 7 aromatic carbocycles. The first-order valence-corrected chi connectivity index (χ1v) is 15.4. The first kappa shape index (κ1) is 27.4. The lowest BCUT2D eigenvalue weighted by atomic mass is 9.95. The number of aromatic nitrogens is 3. The minimum Gasteiger partial charge on any atom is -0.208 e. The molecular weight excluding hydrogens is 558 g/mol. The Kier molecular flexibility index (Phi) is 7.18. The first-order valence-electron chi connectivity index (χ1n) is 15.4. The van der Waals surface area contributed by atoms with E-state index >= 15 is 0 Å². The van der Waals surface area contributed by atoms with Gasteiger partial charge < -0.3 is 0 Å². The van der Waals surface area contributed by atoms with Crippen molar-refractivity contribution in [1.29, 1.82) is 0 Å². The first-order chi connectivity index (χ1) is 22.8. The van der Waals surface area contributed by atoms with E-state index in [2.05, 4.69) is 133 Å². The van der Waals surface area contributed by atoms with Crippen molar-refractivity contribution in [3.63, 3.8) is 0 Å². The predicted octanol–water partition coefficient (Wildman–Crippen LogP) is 11.0. The SMILES string of the molecule is c1ccc(-c2cc(-c3ccccc3)cc(-c3nc(-c4ccccc4)nc(-c4ccc(-c5cccc6ccccc56)cc4)n3)c2)cc1. The lowest BCUT2D eigenvalue weighted by Crippen LogP contribution is -2.00. The molecule has 1 aromatic heterocycles. The Morgan fingerprint density at radius 2 is 0.674 bits per heavy atom. The van der Waals surface area contributed by atoms with Crippen LogP contribution in [-0.2, 0) is 0 Å². The van der Waals surface area contributed by atoms with Crippen LogP contribution in [0.15, 0.2) is 176 Å². The van der Waals surface area contributed by atoms with E-state index in [0.717, 1.165) is 44.5 Å². The van der Waals surface area contributed by atoms with Crippen LogP contribution in [0.1, 0.15) is 0 Å². The lowest BCUT2D eigenvalue weighted by Gasteiger charge is -2.13. The fourth-order valence-corrected chi connectivity index (χ4v) is 5.98. The van der Waals surface area contributed by atoms with Crippen LogP contribution in [0.2, 0.25) is 0 Å². The van der Waals surface area contributed by atoms with Crippen LogP contribution < -0.4 is 0 Å². The molecule has 0 atom stereocenters. The molecule has 0 amide bonds. The van der Waals surface area contributed by atoms with Crippen molar-refractivity contribution in [2.75, 3.05) is 0 Å². The van der Waals surface area contributed by atoms with Crippen molar-refractivity contribution in [3.05, 3.63) is 176 Å². The highest BCUT2D eigenvalue weighted by Crippen LogP contribution is 2.34. The van der Waals surface area contributed by atoms with Crippen LogP contribution in [0.4, 0.5) is 0 Å². The molecule has 3 nitrogen and oxygen atoms in total. The summed E-state index contributed by atoms with van der Waals surface area (Å²) in [7, 11) is 0. The molecule has 46 heavy (non-hydrogen) atoms. The maximum atomic E-state index is 5.10. The highest BCUT2D eigenvalue weighted by atomic mass is 15.0. The van der Waals surface area contributed by atoms with Crippen LogP contribution in [0.25, 0.3) is 78.3 Å². The Morgan fingerprint density at radius 3 is 1.26 bits per heavy atom. The normalized spacial score (nSPS) is 11.0. The predicted molar refractivity (Wildman–Crippen MR) is 190 cm³/mol. The van der Waals surface area contributed by atoms with E-state index in [-0.39, 0.29) is 0 Å². The zero-order chi connectivity index (χ0) is 30.7. The highest BCUT2D eigenvalue weighted by molar-refractivity contribution is 5.96. The minimum absolute atomic E-state index is 0.636. The fraction of sp³-hybridized carbons (Fsp3) is 0. The van der Waals surface area contributed by atoms with Crippen molar-refractivity contribution in [3.8, 4) is 67.5 Å². The summed E-state index contributed by atoms with van der Waals surface area (Å²) in [5.41, 5.74) is 9.69. The van der Waals surface area contributed by atoms with E-state index in [1.54, 1.807) is 0 Å². The molecule has 0 unspecified atom stereocenters. The van der Waals surface area contributed by atoms with E-state index < -0.39 is 0 Å². The van der Waals surface area contributed by atoms with E-state index in [1.807, 2.05) is 42.5 Å². The molecule has 0 aliphatic heterocycles. The van der Waals surface area contributed by atoms with Crippen LogP contribution in [0.5, 0.6) is 0 Å². The molecule has 0 spiro atoms. The number of nitrogens with zero attached hydrogens (tertiary/aromatic N) is 3. The Balaban J connectivity index is 1.28. The third kappa shape index (κ3) is 5.47. The van der Waals surface area contributed by atoms with Crippen molar-refractivity contribution in [2.45, 2.75) is 0 Å². The van der Waals surface area contributed by atoms with Gasteiger partial charge in [-0.3, -0.25) is 0 Å². The van der Waals surface area contributed by atoms with Crippen molar-refractivity contribution < 1.29 is 0 Å². The number of rotatable bonds is 6. The monoisotopic (exact) mass is 587 g/mol. The Morgan fingerprint density at radius 1 is 0.261 bits per heavy atom. The van der Waals surface area contributed by atoms with Gasteiger partial charge in [0, 0.05) is 16.7 Å². The topological polar surface area (TPSA) is 38.7 Å². The van der Waals surface area contributed by atoms with Gasteiger partial charge in [-0.05, 0) is 62.4 Å². The second-order valence-electron chi connectivity index (χ2n) is 11.3. The summed E-state index contributed by atoms with van der Waals surface area (Å²) in [6.45, 7) is 0. The van der Waals surface area contributed by atoms with E-state index in [1.165, 1.54) is 16.3 Å². The van der Waals surface area contributed by atoms with Gasteiger partial charge in [-0.25, -0.2) is 15.0 Å². The average Bonchev–Trinajstić information content (AvgIpc) is 3.15. The number of hydrogen-bond acceptors (Lipinski definition) is 3. The summed E-state index contributed by atoms with van der Waals surface area (Å²) >= 11 is 0. The molecule has 0 aliphatic rings. The Hall–Kier alpha value is -6.19. The zero-order valence-electron chi connectivity index (χ0n) is 25.1. The molecule has 0 bridgehead atoms. The van der Waals surface area contributed by atoms with Crippen molar-refractivity contribution in [2.24, 2.45) is 0 Å². The van der Waals surface area contributed by atoms with Gasteiger partial charge in [0.25, 0.3) is 0 Å². The molecule has 0 radical (unpaired) electrons. The summed E-state index contributed by atoms with van der Waals surface area (Å²) in [5, 5.41) is 2.46. The van der Waals surface area contributed by atoms with Gasteiger partial charge in [-0.1, -0.05) is 158 Å². The van der Waals surface area contributed by atoms with Crippen molar-refractivity contribution in [1.82, 2.24) is 15.0 Å². The lowest BCUT2D eigenvalue weighted by molar-refractivity contribution is 1.07. The largest absolute Gasteiger partial charge is 0.208 e. The van der Waals surface area contributed by atoms with Crippen molar-refractivity contribution >= 4 is 10.8 Å². The molecule has 1 heterocycles. The molecule has 3 heteroatoms. The second-order valence-corrected chi connectivity index (χ2v) is 11.3. The summed E-state index contributed by atoms with van der Waals surface area (Å²) in [6.07, 6.45) is 0. The summed E-state index contributed by atoms with van der Waals surface area (Å²) < 4.78 is 0. The van der Waals surface area contributed by atoms with Gasteiger partial charge in [0.1, 0.15) is 0 Å². The molecule has 0 saturated heterocycles. The Labute approximate surface area is 268 Å². The second kappa shape index (κ2) is 12.1. The maximum Gasteiger partial charge on any atom is 0.164 e. The summed E-state index contributed by atoms with van der Waals surface area (Å²) in [6, 6.07) is 61.1. The molecule has 0 N–H and O–H groups in total. The molecule has 216 valence electrons. The molecule has 8 aromatic rings. The van der Waals surface area contributed by atoms with Gasteiger partial charge >= 0.3 is 0 Å². The van der Waals surface area contributed by atoms with Crippen LogP contribution in [0.3, 0.4) is 0 Å². The maximum absolute atomic E-state index is 5.10. The Bertz CT molecular complexity index is 2220. The molecular formula is C43H29N3. The molecule has 8 rings (SSSR count). The highest BCUT2D eigenvalue weighted by Gasteiger charge is 2.15. The quantitative estimate of drug-likeness (QED) is 0.194. The molecule has 0 aliphatic carbocycles. The van der Waals surface area contributed by atoms with E-state index in [0.29, 0.717) is 17.5 Å². The standard InChI is InChI=1S/C43H29N3/c1-4-13-30(14-5-1)36-27-37(31-15-6-2-7-16-31)29-38(28-36)43-45-41(34-18-8-3-9-19-34)44-42(46-43)35-25-23-33(24-26-35)40-22-12-20-32-17-10-11-21-39(32)40/h1-29H. The number of fused-ring (bicyclic) bond motifs is 1. The van der Waals surface area contributed by atoms with E-state index in [9.17, 15) is 0 Å². The average molecular weight is 588 g/mol. The summed E-state index contributed by atoms with van der Waals surface area (Å²) in [4.78, 5) is 15.1. The smallest absolute Gasteiger partial charge is 0.164 e. The van der Waals surface area contributed by atoms with Crippen LogP contribution in [-0.4, -0.2) is 15.0 Å².